The van der Waals surface area contributed by atoms with Crippen molar-refractivity contribution in [2.24, 2.45) is 0 Å². The second kappa shape index (κ2) is 17.5. The van der Waals surface area contributed by atoms with Gasteiger partial charge >= 0.3 is 0 Å². The first kappa shape index (κ1) is 34.7. The Hall–Kier alpha value is -1.50. The van der Waals surface area contributed by atoms with Gasteiger partial charge in [0.05, 0.1) is 25.9 Å². The van der Waals surface area contributed by atoms with Crippen LogP contribution in [0.5, 0.6) is 0 Å². The van der Waals surface area contributed by atoms with E-state index in [4.69, 9.17) is 18.9 Å². The van der Waals surface area contributed by atoms with Crippen LogP contribution in [0.2, 0.25) is 0 Å². The van der Waals surface area contributed by atoms with E-state index in [0.29, 0.717) is 32.2 Å². The van der Waals surface area contributed by atoms with Crippen molar-refractivity contribution >= 4 is 11.8 Å². The van der Waals surface area contributed by atoms with Gasteiger partial charge in [0.2, 0.25) is 11.8 Å². The summed E-state index contributed by atoms with van der Waals surface area (Å²) in [5.41, 5.74) is 0. The number of hydrogen-bond acceptors (Lipinski definition) is 13. The molecule has 15 heteroatoms. The van der Waals surface area contributed by atoms with E-state index in [-0.39, 0.29) is 44.5 Å². The molecule has 0 saturated carbocycles. The zero-order valence-electron chi connectivity index (χ0n) is 23.1. The lowest BCUT2D eigenvalue weighted by atomic mass is 9.99. The zero-order chi connectivity index (χ0) is 29.8. The van der Waals surface area contributed by atoms with Crippen LogP contribution >= 0.6 is 0 Å². The molecule has 15 nitrogen and oxygen atoms in total. The summed E-state index contributed by atoms with van der Waals surface area (Å²) in [4.78, 5) is 26.1. The van der Waals surface area contributed by atoms with Gasteiger partial charge in [-0.15, -0.1) is 0 Å². The molecule has 0 aromatic carbocycles. The predicted molar refractivity (Wildman–Crippen MR) is 136 cm³/mol. The molecular formula is C25H46N2O13. The summed E-state index contributed by atoms with van der Waals surface area (Å²) in [5.74, 6) is -0.292. The lowest BCUT2D eigenvalue weighted by molar-refractivity contribution is -0.301. The number of aliphatic hydroxyl groups excluding tert-OH is 7. The molecule has 0 unspecified atom stereocenters. The Bertz CT molecular complexity index is 760. The van der Waals surface area contributed by atoms with Crippen LogP contribution < -0.4 is 5.32 Å². The maximum atomic E-state index is 12.9. The molecule has 0 spiro atoms. The monoisotopic (exact) mass is 582 g/mol. The second-order valence-corrected chi connectivity index (χ2v) is 10.0. The van der Waals surface area contributed by atoms with E-state index >= 15 is 0 Å². The van der Waals surface area contributed by atoms with E-state index in [1.165, 1.54) is 11.8 Å². The lowest BCUT2D eigenvalue weighted by Gasteiger charge is -2.39. The fourth-order valence-corrected chi connectivity index (χ4v) is 4.46. The molecule has 234 valence electrons. The van der Waals surface area contributed by atoms with Gasteiger partial charge in [-0.05, 0) is 33.1 Å². The van der Waals surface area contributed by atoms with Crippen LogP contribution in [0.4, 0.5) is 0 Å². The number of carbonyl (C=O) groups excluding carboxylic acids is 2. The SMILES string of the molecule is CCNC(=O)CCCCC(=O)N(CCCO[C@H]1O[C@H](CO)[C@@H](O)[C@H](O)[C@H]1O)CCO[C@@H]1O[C@@H](C)[C@@H](O)[C@@H](O)[C@@H]1O. The Balaban J connectivity index is 1.87. The third-order valence-corrected chi connectivity index (χ3v) is 6.93. The Morgan fingerprint density at radius 2 is 1.38 bits per heavy atom. The quantitative estimate of drug-likeness (QED) is 0.0830. The Morgan fingerprint density at radius 3 is 2.02 bits per heavy atom. The molecule has 0 aliphatic carbocycles. The number of rotatable bonds is 16. The number of unbranched alkanes of at least 4 members (excludes halogenated alkanes) is 1. The first-order valence-corrected chi connectivity index (χ1v) is 13.8. The average molecular weight is 583 g/mol. The van der Waals surface area contributed by atoms with Crippen LogP contribution in [0.25, 0.3) is 0 Å². The third-order valence-electron chi connectivity index (χ3n) is 6.93. The summed E-state index contributed by atoms with van der Waals surface area (Å²) < 4.78 is 21.8. The van der Waals surface area contributed by atoms with Crippen molar-refractivity contribution in [3.8, 4) is 0 Å². The largest absolute Gasteiger partial charge is 0.394 e. The van der Waals surface area contributed by atoms with Gasteiger partial charge in [-0.25, -0.2) is 0 Å². The average Bonchev–Trinajstić information content (AvgIpc) is 2.93. The number of nitrogens with one attached hydrogen (secondary N) is 1. The van der Waals surface area contributed by atoms with Gasteiger partial charge in [0.15, 0.2) is 12.6 Å². The van der Waals surface area contributed by atoms with Crippen molar-refractivity contribution < 1.29 is 64.3 Å². The molecule has 2 amide bonds. The van der Waals surface area contributed by atoms with Crippen molar-refractivity contribution in [1.82, 2.24) is 10.2 Å². The minimum atomic E-state index is -1.56. The molecule has 2 saturated heterocycles. The van der Waals surface area contributed by atoms with Gasteiger partial charge in [0.1, 0.15) is 42.7 Å². The van der Waals surface area contributed by atoms with E-state index in [9.17, 15) is 45.3 Å². The summed E-state index contributed by atoms with van der Waals surface area (Å²) in [6.07, 6.45) is -11.3. The standard InChI is InChI=1S/C25H46N2O13/c1-3-26-16(29)7-4-5-8-17(30)27(10-12-38-24-22(35)20(33)18(31)14(2)39-24)9-6-11-37-25-23(36)21(34)19(32)15(13-28)40-25/h14-15,18-25,28,31-36H,3-13H2,1-2H3,(H,26,29)/t14-,15+,18+,19+,20+,21-,22-,23+,24+,25-/m0/s1. The Kier molecular flexibility index (Phi) is 15.1. The van der Waals surface area contributed by atoms with Crippen molar-refractivity contribution in [2.75, 3.05) is 39.5 Å². The van der Waals surface area contributed by atoms with Gasteiger partial charge in [0.25, 0.3) is 0 Å². The number of hydrogen-bond donors (Lipinski definition) is 8. The molecule has 10 atom stereocenters. The number of amides is 2. The van der Waals surface area contributed by atoms with Gasteiger partial charge < -0.3 is 64.9 Å². The third kappa shape index (κ3) is 10.1. The Labute approximate surface area is 233 Å². The van der Waals surface area contributed by atoms with Gasteiger partial charge in [-0.1, -0.05) is 0 Å². The zero-order valence-corrected chi connectivity index (χ0v) is 23.1. The van der Waals surface area contributed by atoms with E-state index in [1.807, 2.05) is 6.92 Å². The summed E-state index contributed by atoms with van der Waals surface area (Å²) in [5, 5.41) is 71.9. The van der Waals surface area contributed by atoms with Gasteiger partial charge in [-0.3, -0.25) is 9.59 Å². The second-order valence-electron chi connectivity index (χ2n) is 10.0. The highest BCUT2D eigenvalue weighted by atomic mass is 16.7. The first-order chi connectivity index (χ1) is 19.0. The molecule has 2 fully saturated rings. The van der Waals surface area contributed by atoms with Gasteiger partial charge in [-0.2, -0.15) is 0 Å². The minimum absolute atomic E-state index is 0.0105. The molecule has 2 heterocycles. The lowest BCUT2D eigenvalue weighted by Crippen LogP contribution is -2.59. The topological polar surface area (TPSA) is 228 Å². The highest BCUT2D eigenvalue weighted by molar-refractivity contribution is 5.77. The van der Waals surface area contributed by atoms with Crippen molar-refractivity contribution in [3.63, 3.8) is 0 Å². The number of nitrogens with zero attached hydrogens (tertiary/aromatic N) is 1. The molecule has 0 aromatic rings. The van der Waals surface area contributed by atoms with Crippen LogP contribution in [0.1, 0.15) is 46.0 Å². The first-order valence-electron chi connectivity index (χ1n) is 13.8. The molecule has 40 heavy (non-hydrogen) atoms. The van der Waals surface area contributed by atoms with Crippen LogP contribution in [-0.4, -0.2) is 153 Å². The Morgan fingerprint density at radius 1 is 0.775 bits per heavy atom. The summed E-state index contributed by atoms with van der Waals surface area (Å²) in [6.45, 7) is 3.58. The van der Waals surface area contributed by atoms with E-state index in [1.54, 1.807) is 0 Å². The molecule has 0 bridgehead atoms. The van der Waals surface area contributed by atoms with E-state index < -0.39 is 68.0 Å². The van der Waals surface area contributed by atoms with Crippen molar-refractivity contribution in [2.45, 2.75) is 107 Å². The van der Waals surface area contributed by atoms with Crippen LogP contribution in [0.3, 0.4) is 0 Å². The maximum Gasteiger partial charge on any atom is 0.222 e. The highest BCUT2D eigenvalue weighted by Gasteiger charge is 2.44. The normalized spacial score (nSPS) is 34.4. The molecule has 0 aromatic heterocycles. The maximum absolute atomic E-state index is 12.9. The molecule has 8 N–H and O–H groups in total. The number of aliphatic hydroxyl groups is 7. The minimum Gasteiger partial charge on any atom is -0.394 e. The molecule has 2 rings (SSSR count). The van der Waals surface area contributed by atoms with Crippen LogP contribution in [0, 0.1) is 0 Å². The summed E-state index contributed by atoms with van der Waals surface area (Å²) in [7, 11) is 0. The molecule has 0 radical (unpaired) electrons. The van der Waals surface area contributed by atoms with E-state index in [2.05, 4.69) is 5.32 Å². The van der Waals surface area contributed by atoms with Crippen LogP contribution in [-0.2, 0) is 28.5 Å². The smallest absolute Gasteiger partial charge is 0.222 e. The van der Waals surface area contributed by atoms with Gasteiger partial charge in [0, 0.05) is 32.5 Å². The number of carbonyl (C=O) groups is 2. The predicted octanol–water partition coefficient (Wildman–Crippen LogP) is -3.44. The summed E-state index contributed by atoms with van der Waals surface area (Å²) in [6, 6.07) is 0. The molecule has 2 aliphatic rings. The number of ether oxygens (including phenoxy) is 4. The van der Waals surface area contributed by atoms with Crippen molar-refractivity contribution in [1.29, 1.82) is 0 Å². The molecular weight excluding hydrogens is 536 g/mol. The van der Waals surface area contributed by atoms with Crippen LogP contribution in [0.15, 0.2) is 0 Å². The van der Waals surface area contributed by atoms with E-state index in [0.717, 1.165) is 0 Å². The molecule has 2 aliphatic heterocycles. The van der Waals surface area contributed by atoms with Crippen molar-refractivity contribution in [3.05, 3.63) is 0 Å². The summed E-state index contributed by atoms with van der Waals surface area (Å²) >= 11 is 0. The highest BCUT2D eigenvalue weighted by Crippen LogP contribution is 2.23. The fourth-order valence-electron chi connectivity index (χ4n) is 4.46. The fraction of sp³-hybridized carbons (Fsp3) is 0.920.